The SMILES string of the molecule is CO[C@]12CC[C@H](C=C1C)OC2(C)C. The Labute approximate surface area is 79.9 Å². The molecule has 1 saturated heterocycles. The van der Waals surface area contributed by atoms with Crippen molar-refractivity contribution in [2.45, 2.75) is 50.9 Å². The molecule has 0 aromatic rings. The molecule has 0 aromatic carbocycles. The van der Waals surface area contributed by atoms with E-state index >= 15 is 0 Å². The predicted octanol–water partition coefficient (Wildman–Crippen LogP) is 2.29. The van der Waals surface area contributed by atoms with Crippen LogP contribution in [0, 0.1) is 0 Å². The fourth-order valence-corrected chi connectivity index (χ4v) is 2.89. The van der Waals surface area contributed by atoms with Crippen LogP contribution in [0.2, 0.25) is 0 Å². The van der Waals surface area contributed by atoms with E-state index in [9.17, 15) is 0 Å². The summed E-state index contributed by atoms with van der Waals surface area (Å²) in [6.45, 7) is 6.40. The number of hydrogen-bond acceptors (Lipinski definition) is 2. The summed E-state index contributed by atoms with van der Waals surface area (Å²) in [5, 5.41) is 0. The Morgan fingerprint density at radius 3 is 2.62 bits per heavy atom. The molecule has 2 aliphatic heterocycles. The molecule has 2 heteroatoms. The first-order chi connectivity index (χ1) is 6.02. The van der Waals surface area contributed by atoms with Crippen LogP contribution in [0.15, 0.2) is 11.6 Å². The molecule has 3 aliphatic rings. The van der Waals surface area contributed by atoms with Crippen LogP contribution in [-0.4, -0.2) is 24.4 Å². The lowest BCUT2D eigenvalue weighted by Gasteiger charge is -2.55. The van der Waals surface area contributed by atoms with Gasteiger partial charge in [0, 0.05) is 7.11 Å². The van der Waals surface area contributed by atoms with E-state index in [-0.39, 0.29) is 11.2 Å². The van der Waals surface area contributed by atoms with Crippen LogP contribution in [0.1, 0.15) is 33.6 Å². The first-order valence-electron chi connectivity index (χ1n) is 4.94. The van der Waals surface area contributed by atoms with Crippen molar-refractivity contribution in [2.75, 3.05) is 7.11 Å². The molecule has 2 atom stereocenters. The fourth-order valence-electron chi connectivity index (χ4n) is 2.89. The van der Waals surface area contributed by atoms with Crippen LogP contribution >= 0.6 is 0 Å². The molecule has 2 bridgehead atoms. The normalized spacial score (nSPS) is 41.8. The van der Waals surface area contributed by atoms with Crippen molar-refractivity contribution in [1.29, 1.82) is 0 Å². The third-order valence-electron chi connectivity index (χ3n) is 3.62. The van der Waals surface area contributed by atoms with Crippen LogP contribution in [0.25, 0.3) is 0 Å². The maximum absolute atomic E-state index is 5.94. The number of fused-ring (bicyclic) bond motifs is 2. The van der Waals surface area contributed by atoms with Crippen molar-refractivity contribution >= 4 is 0 Å². The van der Waals surface area contributed by atoms with Gasteiger partial charge in [-0.3, -0.25) is 0 Å². The van der Waals surface area contributed by atoms with Gasteiger partial charge in [0.2, 0.25) is 0 Å². The zero-order valence-corrected chi connectivity index (χ0v) is 8.89. The van der Waals surface area contributed by atoms with Gasteiger partial charge in [0.25, 0.3) is 0 Å². The van der Waals surface area contributed by atoms with Crippen molar-refractivity contribution in [1.82, 2.24) is 0 Å². The van der Waals surface area contributed by atoms with Crippen molar-refractivity contribution in [3.63, 3.8) is 0 Å². The standard InChI is InChI=1S/C11H18O2/c1-8-7-9-5-6-11(8,12-4)10(2,3)13-9/h7,9H,5-6H2,1-4H3/t9-,11-/m1/s1. The Morgan fingerprint density at radius 1 is 1.54 bits per heavy atom. The molecule has 0 spiro atoms. The molecule has 74 valence electrons. The van der Waals surface area contributed by atoms with E-state index in [1.807, 2.05) is 0 Å². The minimum absolute atomic E-state index is 0.177. The van der Waals surface area contributed by atoms with Gasteiger partial charge in [-0.25, -0.2) is 0 Å². The molecule has 1 fully saturated rings. The topological polar surface area (TPSA) is 18.5 Å². The summed E-state index contributed by atoms with van der Waals surface area (Å²) in [6.07, 6.45) is 4.70. The largest absolute Gasteiger partial charge is 0.371 e. The summed E-state index contributed by atoms with van der Waals surface area (Å²) in [5.74, 6) is 0. The molecule has 0 unspecified atom stereocenters. The van der Waals surface area contributed by atoms with Crippen LogP contribution in [0.3, 0.4) is 0 Å². The van der Waals surface area contributed by atoms with E-state index in [0.29, 0.717) is 6.10 Å². The zero-order chi connectivity index (χ0) is 9.69. The number of rotatable bonds is 1. The van der Waals surface area contributed by atoms with Crippen molar-refractivity contribution in [3.8, 4) is 0 Å². The van der Waals surface area contributed by atoms with E-state index < -0.39 is 0 Å². The molecule has 0 N–H and O–H groups in total. The minimum atomic E-state index is -0.179. The molecule has 0 saturated carbocycles. The lowest BCUT2D eigenvalue weighted by atomic mass is 9.69. The quantitative estimate of drug-likeness (QED) is 0.579. The van der Waals surface area contributed by atoms with Gasteiger partial charge in [0.15, 0.2) is 0 Å². The lowest BCUT2D eigenvalue weighted by Crippen LogP contribution is -2.61. The maximum Gasteiger partial charge on any atom is 0.117 e. The molecular formula is C11H18O2. The Kier molecular flexibility index (Phi) is 1.83. The highest BCUT2D eigenvalue weighted by Gasteiger charge is 2.54. The smallest absolute Gasteiger partial charge is 0.117 e. The van der Waals surface area contributed by atoms with Gasteiger partial charge in [-0.2, -0.15) is 0 Å². The van der Waals surface area contributed by atoms with Crippen LogP contribution < -0.4 is 0 Å². The Balaban J connectivity index is 2.47. The van der Waals surface area contributed by atoms with Crippen molar-refractivity contribution < 1.29 is 9.47 Å². The molecule has 13 heavy (non-hydrogen) atoms. The molecule has 2 heterocycles. The Morgan fingerprint density at radius 2 is 2.23 bits per heavy atom. The monoisotopic (exact) mass is 182 g/mol. The summed E-state index contributed by atoms with van der Waals surface area (Å²) in [4.78, 5) is 0. The Hall–Kier alpha value is -0.340. The Bertz CT molecular complexity index is 255. The van der Waals surface area contributed by atoms with Gasteiger partial charge in [-0.1, -0.05) is 6.08 Å². The van der Waals surface area contributed by atoms with E-state index in [4.69, 9.17) is 9.47 Å². The second-order valence-corrected chi connectivity index (χ2v) is 4.59. The van der Waals surface area contributed by atoms with Gasteiger partial charge in [-0.05, 0) is 39.2 Å². The fraction of sp³-hybridized carbons (Fsp3) is 0.818. The number of methoxy groups -OCH3 is 1. The summed E-state index contributed by atoms with van der Waals surface area (Å²) in [5.41, 5.74) is 0.980. The summed E-state index contributed by atoms with van der Waals surface area (Å²) >= 11 is 0. The molecule has 3 rings (SSSR count). The van der Waals surface area contributed by atoms with Gasteiger partial charge < -0.3 is 9.47 Å². The van der Waals surface area contributed by atoms with Crippen LogP contribution in [0.4, 0.5) is 0 Å². The number of hydrogen-bond donors (Lipinski definition) is 0. The van der Waals surface area contributed by atoms with Gasteiger partial charge >= 0.3 is 0 Å². The molecule has 1 aliphatic carbocycles. The second kappa shape index (κ2) is 2.58. The molecule has 0 radical (unpaired) electrons. The van der Waals surface area contributed by atoms with E-state index in [0.717, 1.165) is 12.8 Å². The average molecular weight is 182 g/mol. The maximum atomic E-state index is 5.94. The second-order valence-electron chi connectivity index (χ2n) is 4.59. The third kappa shape index (κ3) is 1.02. The summed E-state index contributed by atoms with van der Waals surface area (Å²) in [7, 11) is 1.79. The molecule has 2 nitrogen and oxygen atoms in total. The highest BCUT2D eigenvalue weighted by atomic mass is 16.6. The lowest BCUT2D eigenvalue weighted by molar-refractivity contribution is -0.221. The van der Waals surface area contributed by atoms with Gasteiger partial charge in [-0.15, -0.1) is 0 Å². The third-order valence-corrected chi connectivity index (χ3v) is 3.62. The van der Waals surface area contributed by atoms with Crippen LogP contribution in [-0.2, 0) is 9.47 Å². The van der Waals surface area contributed by atoms with Gasteiger partial charge in [0.1, 0.15) is 5.60 Å². The summed E-state index contributed by atoms with van der Waals surface area (Å²) < 4.78 is 11.6. The molecule has 0 aromatic heterocycles. The van der Waals surface area contributed by atoms with Crippen molar-refractivity contribution in [3.05, 3.63) is 11.6 Å². The first-order valence-corrected chi connectivity index (χ1v) is 4.94. The molecule has 0 amide bonds. The van der Waals surface area contributed by atoms with Crippen molar-refractivity contribution in [2.24, 2.45) is 0 Å². The predicted molar refractivity (Wildman–Crippen MR) is 51.7 cm³/mol. The summed E-state index contributed by atoms with van der Waals surface area (Å²) in [6, 6.07) is 0. The van der Waals surface area contributed by atoms with E-state index in [2.05, 4.69) is 26.8 Å². The van der Waals surface area contributed by atoms with Gasteiger partial charge in [0.05, 0.1) is 11.7 Å². The number of ether oxygens (including phenoxy) is 2. The van der Waals surface area contributed by atoms with E-state index in [1.54, 1.807) is 7.11 Å². The minimum Gasteiger partial charge on any atom is -0.371 e. The zero-order valence-electron chi connectivity index (χ0n) is 8.89. The molecular weight excluding hydrogens is 164 g/mol. The first kappa shape index (κ1) is 9.22. The highest BCUT2D eigenvalue weighted by Crippen LogP contribution is 2.48. The van der Waals surface area contributed by atoms with E-state index in [1.165, 1.54) is 5.57 Å². The highest BCUT2D eigenvalue weighted by molar-refractivity contribution is 5.29. The average Bonchev–Trinajstić information content (AvgIpc) is 2.02. The van der Waals surface area contributed by atoms with Crippen LogP contribution in [0.5, 0.6) is 0 Å².